The molecule has 0 fully saturated rings. The highest BCUT2D eigenvalue weighted by Gasteiger charge is 2.53. The molecule has 0 saturated carbocycles. The molecule has 1 amide bonds. The molecule has 0 spiro atoms. The molecule has 4 nitrogen and oxygen atoms in total. The van der Waals surface area contributed by atoms with E-state index in [1.165, 1.54) is 12.1 Å². The minimum absolute atomic E-state index is 0.0557. The Bertz CT molecular complexity index is 750. The Hall–Kier alpha value is -2.41. The molecule has 1 aromatic heterocycles. The molecule has 24 heavy (non-hydrogen) atoms. The van der Waals surface area contributed by atoms with Gasteiger partial charge >= 0.3 is 0 Å². The van der Waals surface area contributed by atoms with E-state index in [1.807, 2.05) is 13.8 Å². The van der Waals surface area contributed by atoms with Gasteiger partial charge < -0.3 is 10.1 Å². The van der Waals surface area contributed by atoms with Crippen molar-refractivity contribution in [3.05, 3.63) is 59.0 Å². The molecule has 2 aromatic rings. The molecular formula is C17H17F3N2O2. The van der Waals surface area contributed by atoms with Crippen molar-refractivity contribution in [3.63, 3.8) is 0 Å². The number of aromatic nitrogens is 1. The maximum Gasteiger partial charge on any atom is 0.267 e. The number of nitrogens with zero attached hydrogens (tertiary/aromatic N) is 1. The SMILES string of the molecule is CC.CCOC1(c2ccc(F)cc2)C(=O)Nc2ncc(F)c(F)c21. The molecule has 1 aliphatic heterocycles. The summed E-state index contributed by atoms with van der Waals surface area (Å²) in [6.07, 6.45) is 0.682. The van der Waals surface area contributed by atoms with Crippen molar-refractivity contribution in [3.8, 4) is 0 Å². The zero-order valence-electron chi connectivity index (χ0n) is 13.5. The maximum atomic E-state index is 14.3. The van der Waals surface area contributed by atoms with Crippen molar-refractivity contribution in [2.45, 2.75) is 26.4 Å². The number of nitrogens with one attached hydrogen (secondary N) is 1. The Morgan fingerprint density at radius 3 is 2.38 bits per heavy atom. The summed E-state index contributed by atoms with van der Waals surface area (Å²) in [5.41, 5.74) is -2.03. The third-order valence-corrected chi connectivity index (χ3v) is 3.49. The van der Waals surface area contributed by atoms with Crippen LogP contribution in [0.25, 0.3) is 0 Å². The van der Waals surface area contributed by atoms with Gasteiger partial charge in [0.15, 0.2) is 11.6 Å². The summed E-state index contributed by atoms with van der Waals surface area (Å²) in [6, 6.07) is 4.83. The number of ether oxygens (including phenoxy) is 1. The first-order valence-electron chi connectivity index (χ1n) is 7.56. The number of anilines is 1. The number of carbonyl (C=O) groups excluding carboxylic acids is 1. The van der Waals surface area contributed by atoms with E-state index in [9.17, 15) is 18.0 Å². The third kappa shape index (κ3) is 2.65. The normalized spacial score (nSPS) is 18.5. The van der Waals surface area contributed by atoms with Gasteiger partial charge in [0.2, 0.25) is 5.60 Å². The lowest BCUT2D eigenvalue weighted by Gasteiger charge is -2.27. The topological polar surface area (TPSA) is 51.2 Å². The summed E-state index contributed by atoms with van der Waals surface area (Å²) < 4.78 is 46.5. The van der Waals surface area contributed by atoms with Crippen LogP contribution in [0.1, 0.15) is 31.9 Å². The van der Waals surface area contributed by atoms with Crippen LogP contribution in [0.3, 0.4) is 0 Å². The first kappa shape index (κ1) is 17.9. The van der Waals surface area contributed by atoms with Crippen molar-refractivity contribution in [1.82, 2.24) is 4.98 Å². The molecule has 7 heteroatoms. The molecule has 0 bridgehead atoms. The molecule has 0 radical (unpaired) electrons. The van der Waals surface area contributed by atoms with Gasteiger partial charge in [-0.25, -0.2) is 18.2 Å². The minimum Gasteiger partial charge on any atom is -0.356 e. The van der Waals surface area contributed by atoms with E-state index in [0.29, 0.717) is 6.20 Å². The molecular weight excluding hydrogens is 321 g/mol. The van der Waals surface area contributed by atoms with E-state index in [0.717, 1.165) is 12.1 Å². The van der Waals surface area contributed by atoms with Crippen LogP contribution >= 0.6 is 0 Å². The summed E-state index contributed by atoms with van der Waals surface area (Å²) >= 11 is 0. The van der Waals surface area contributed by atoms with Crippen LogP contribution in [0.5, 0.6) is 0 Å². The molecule has 2 heterocycles. The number of hydrogen-bond donors (Lipinski definition) is 1. The predicted molar refractivity (Wildman–Crippen MR) is 82.9 cm³/mol. The monoisotopic (exact) mass is 338 g/mol. The lowest BCUT2D eigenvalue weighted by atomic mass is 9.87. The summed E-state index contributed by atoms with van der Waals surface area (Å²) in [5.74, 6) is -3.75. The van der Waals surface area contributed by atoms with Crippen LogP contribution in [0.15, 0.2) is 30.5 Å². The van der Waals surface area contributed by atoms with Crippen molar-refractivity contribution in [1.29, 1.82) is 0 Å². The molecule has 1 unspecified atom stereocenters. The fourth-order valence-corrected chi connectivity index (χ4v) is 2.59. The van der Waals surface area contributed by atoms with E-state index in [4.69, 9.17) is 4.74 Å². The Labute approximate surface area is 137 Å². The van der Waals surface area contributed by atoms with E-state index in [1.54, 1.807) is 6.92 Å². The van der Waals surface area contributed by atoms with Gasteiger partial charge in [-0.2, -0.15) is 0 Å². The quantitative estimate of drug-likeness (QED) is 0.927. The smallest absolute Gasteiger partial charge is 0.267 e. The third-order valence-electron chi connectivity index (χ3n) is 3.49. The van der Waals surface area contributed by atoms with Gasteiger partial charge in [-0.3, -0.25) is 4.79 Å². The second kappa shape index (κ2) is 7.00. The molecule has 0 saturated heterocycles. The van der Waals surface area contributed by atoms with Crippen molar-refractivity contribution < 1.29 is 22.7 Å². The number of halogens is 3. The first-order valence-corrected chi connectivity index (χ1v) is 7.56. The number of amides is 1. The second-order valence-electron chi connectivity index (χ2n) is 4.72. The van der Waals surface area contributed by atoms with Crippen LogP contribution in [0, 0.1) is 17.5 Å². The zero-order chi connectivity index (χ0) is 17.9. The van der Waals surface area contributed by atoms with E-state index in [2.05, 4.69) is 10.3 Å². The highest BCUT2D eigenvalue weighted by atomic mass is 19.2. The molecule has 1 aliphatic rings. The highest BCUT2D eigenvalue weighted by Crippen LogP contribution is 2.44. The lowest BCUT2D eigenvalue weighted by Crippen LogP contribution is -2.39. The largest absolute Gasteiger partial charge is 0.356 e. The van der Waals surface area contributed by atoms with E-state index < -0.39 is 29.0 Å². The maximum absolute atomic E-state index is 14.3. The summed E-state index contributed by atoms with van der Waals surface area (Å²) in [6.45, 7) is 5.67. The van der Waals surface area contributed by atoms with Crippen molar-refractivity contribution in [2.75, 3.05) is 11.9 Å². The fourth-order valence-electron chi connectivity index (χ4n) is 2.59. The van der Waals surface area contributed by atoms with E-state index in [-0.39, 0.29) is 23.6 Å². The Kier molecular flexibility index (Phi) is 5.23. The van der Waals surface area contributed by atoms with Crippen molar-refractivity contribution >= 4 is 11.7 Å². The van der Waals surface area contributed by atoms with Crippen LogP contribution in [-0.2, 0) is 15.1 Å². The fraction of sp³-hybridized carbons (Fsp3) is 0.294. The van der Waals surface area contributed by atoms with Gasteiger partial charge in [0.25, 0.3) is 5.91 Å². The molecule has 1 N–H and O–H groups in total. The standard InChI is InChI=1S/C15H11F3N2O2.C2H6/c1-2-22-15(8-3-5-9(16)6-4-8)11-12(18)10(17)7-19-13(11)20-14(15)21;1-2/h3-7H,2H2,1H3,(H,19,20,21);1-2H3. The van der Waals surface area contributed by atoms with Gasteiger partial charge in [-0.05, 0) is 24.6 Å². The molecule has 1 atom stereocenters. The Balaban J connectivity index is 0.00000100. The summed E-state index contributed by atoms with van der Waals surface area (Å²) in [4.78, 5) is 16.1. The van der Waals surface area contributed by atoms with Gasteiger partial charge in [-0.15, -0.1) is 0 Å². The number of hydrogen-bond acceptors (Lipinski definition) is 3. The van der Waals surface area contributed by atoms with Gasteiger partial charge in [-0.1, -0.05) is 26.0 Å². The number of benzene rings is 1. The second-order valence-corrected chi connectivity index (χ2v) is 4.72. The molecule has 0 aliphatic carbocycles. The number of carbonyl (C=O) groups is 1. The predicted octanol–water partition coefficient (Wildman–Crippen LogP) is 3.76. The Morgan fingerprint density at radius 2 is 1.79 bits per heavy atom. The van der Waals surface area contributed by atoms with Crippen LogP contribution in [0.2, 0.25) is 0 Å². The van der Waals surface area contributed by atoms with Crippen molar-refractivity contribution in [2.24, 2.45) is 0 Å². The molecule has 128 valence electrons. The number of pyridine rings is 1. The summed E-state index contributed by atoms with van der Waals surface area (Å²) in [7, 11) is 0. The van der Waals surface area contributed by atoms with Gasteiger partial charge in [0.05, 0.1) is 11.8 Å². The number of rotatable bonds is 3. The first-order chi connectivity index (χ1) is 11.5. The summed E-state index contributed by atoms with van der Waals surface area (Å²) in [5, 5.41) is 2.38. The molecule has 3 rings (SSSR count). The lowest BCUT2D eigenvalue weighted by molar-refractivity contribution is -0.135. The van der Waals surface area contributed by atoms with E-state index >= 15 is 0 Å². The zero-order valence-corrected chi connectivity index (χ0v) is 13.5. The van der Waals surface area contributed by atoms with Crippen LogP contribution in [0.4, 0.5) is 19.0 Å². The number of fused-ring (bicyclic) bond motifs is 1. The Morgan fingerprint density at radius 1 is 1.17 bits per heavy atom. The average Bonchev–Trinajstić information content (AvgIpc) is 2.87. The minimum atomic E-state index is -1.89. The molecule has 1 aromatic carbocycles. The van der Waals surface area contributed by atoms with Gasteiger partial charge in [0.1, 0.15) is 11.6 Å². The average molecular weight is 338 g/mol. The van der Waals surface area contributed by atoms with Crippen LogP contribution in [-0.4, -0.2) is 17.5 Å². The van der Waals surface area contributed by atoms with Crippen LogP contribution < -0.4 is 5.32 Å². The van der Waals surface area contributed by atoms with Gasteiger partial charge in [0, 0.05) is 6.61 Å². The highest BCUT2D eigenvalue weighted by molar-refractivity contribution is 6.06.